The Balaban J connectivity index is 0.000000254. The quantitative estimate of drug-likeness (QED) is 0.142. The van der Waals surface area contributed by atoms with Gasteiger partial charge in [-0.2, -0.15) is 0 Å². The molecule has 0 radical (unpaired) electrons. The molecule has 12 heteroatoms. The van der Waals surface area contributed by atoms with Crippen molar-refractivity contribution in [2.75, 3.05) is 39.5 Å². The van der Waals surface area contributed by atoms with E-state index >= 15 is 0 Å². The number of rotatable bonds is 8. The highest BCUT2D eigenvalue weighted by Gasteiger charge is 2.43. The van der Waals surface area contributed by atoms with E-state index in [2.05, 4.69) is 14.8 Å². The van der Waals surface area contributed by atoms with Gasteiger partial charge in [0.15, 0.2) is 0 Å². The van der Waals surface area contributed by atoms with Crippen LogP contribution in [0, 0.1) is 11.8 Å². The normalized spacial score (nSPS) is 16.7. The lowest BCUT2D eigenvalue weighted by Gasteiger charge is -2.25. The van der Waals surface area contributed by atoms with Crippen molar-refractivity contribution < 1.29 is 47.7 Å². The Morgan fingerprint density at radius 3 is 1.51 bits per heavy atom. The molecule has 0 saturated heterocycles. The van der Waals surface area contributed by atoms with Gasteiger partial charge in [-0.15, -0.1) is 0 Å². The van der Waals surface area contributed by atoms with Crippen LogP contribution >= 0.6 is 0 Å². The van der Waals surface area contributed by atoms with Gasteiger partial charge in [0.2, 0.25) is 0 Å². The molecule has 3 N–H and O–H groups in total. The lowest BCUT2D eigenvalue weighted by molar-refractivity contribution is -0.160. The summed E-state index contributed by atoms with van der Waals surface area (Å²) in [7, 11) is 5.03. The van der Waals surface area contributed by atoms with Crippen LogP contribution in [0.4, 0.5) is 11.4 Å². The largest absolute Gasteiger partial charge is 0.468 e. The summed E-state index contributed by atoms with van der Waals surface area (Å²) < 4.78 is 18.8. The number of benzene rings is 3. The van der Waals surface area contributed by atoms with Gasteiger partial charge in [-0.1, -0.05) is 72.3 Å². The van der Waals surface area contributed by atoms with Crippen molar-refractivity contribution in [2.24, 2.45) is 11.8 Å². The monoisotopic (exact) mass is 698 g/mol. The maximum atomic E-state index is 12.5. The van der Waals surface area contributed by atoms with E-state index in [0.717, 1.165) is 36.7 Å². The van der Waals surface area contributed by atoms with Crippen LogP contribution in [0.2, 0.25) is 0 Å². The Morgan fingerprint density at radius 1 is 0.627 bits per heavy atom. The molecule has 0 amide bonds. The molecule has 2 aliphatic carbocycles. The molecular weight excluding hydrogens is 656 g/mol. The summed E-state index contributed by atoms with van der Waals surface area (Å²) in [5, 5.41) is 3.28. The second-order valence-corrected chi connectivity index (χ2v) is 11.4. The van der Waals surface area contributed by atoms with Gasteiger partial charge in [0.1, 0.15) is 23.4 Å². The number of hydrogen-bond donors (Lipinski definition) is 2. The summed E-state index contributed by atoms with van der Waals surface area (Å²) in [6.07, 6.45) is 0.621. The molecule has 3 aromatic carbocycles. The third-order valence-electron chi connectivity index (χ3n) is 8.09. The fourth-order valence-corrected chi connectivity index (χ4v) is 5.40. The number of nitrogens with two attached hydrogens (primary N) is 1. The lowest BCUT2D eigenvalue weighted by Crippen LogP contribution is -2.40. The average Bonchev–Trinajstić information content (AvgIpc) is 3.16. The van der Waals surface area contributed by atoms with E-state index in [4.69, 9.17) is 15.2 Å². The molecule has 268 valence electrons. The highest BCUT2D eigenvalue weighted by Crippen LogP contribution is 2.34. The third kappa shape index (κ3) is 11.5. The number of Topliss-reactive ketones (excluding diaryl/α,β-unsaturated/α-hetero) is 2. The van der Waals surface area contributed by atoms with Gasteiger partial charge in [0.05, 0.1) is 34.0 Å². The number of ketones is 2. The molecule has 0 aliphatic heterocycles. The Morgan fingerprint density at radius 2 is 1.08 bits per heavy atom. The van der Waals surface area contributed by atoms with Crippen LogP contribution in [-0.2, 0) is 54.1 Å². The van der Waals surface area contributed by atoms with Crippen molar-refractivity contribution in [3.05, 3.63) is 119 Å². The second-order valence-electron chi connectivity index (χ2n) is 11.4. The molecule has 51 heavy (non-hydrogen) atoms. The van der Waals surface area contributed by atoms with E-state index in [1.807, 2.05) is 91.0 Å². The van der Waals surface area contributed by atoms with Crippen molar-refractivity contribution in [3.8, 4) is 0 Å². The Hall–Kier alpha value is -6.04. The Bertz CT molecular complexity index is 1640. The Kier molecular flexibility index (Phi) is 15.3. The first-order chi connectivity index (χ1) is 24.5. The highest BCUT2D eigenvalue weighted by molar-refractivity contribution is 6.12. The van der Waals surface area contributed by atoms with Gasteiger partial charge in [-0.25, -0.2) is 9.59 Å². The van der Waals surface area contributed by atoms with E-state index in [0.29, 0.717) is 29.7 Å². The fourth-order valence-electron chi connectivity index (χ4n) is 5.40. The topological polar surface area (TPSA) is 177 Å². The molecular formula is C39H42N2O10. The average molecular weight is 699 g/mol. The lowest BCUT2D eigenvalue weighted by atomic mass is 9.80. The summed E-state index contributed by atoms with van der Waals surface area (Å²) in [4.78, 5) is 70.3. The first-order valence-corrected chi connectivity index (χ1v) is 16.0. The van der Waals surface area contributed by atoms with Crippen molar-refractivity contribution in [3.63, 3.8) is 0 Å². The highest BCUT2D eigenvalue weighted by atomic mass is 16.5. The van der Waals surface area contributed by atoms with Crippen LogP contribution in [-0.4, -0.2) is 63.9 Å². The summed E-state index contributed by atoms with van der Waals surface area (Å²) in [5.74, 6) is -5.29. The number of para-hydroxylation sites is 2. The smallest absolute Gasteiger partial charge is 0.335 e. The molecule has 1 saturated carbocycles. The molecule has 0 bridgehead atoms. The van der Waals surface area contributed by atoms with Crippen molar-refractivity contribution in [1.29, 1.82) is 0 Å². The predicted molar refractivity (Wildman–Crippen MR) is 189 cm³/mol. The minimum Gasteiger partial charge on any atom is -0.468 e. The number of ether oxygens (including phenoxy) is 4. The summed E-state index contributed by atoms with van der Waals surface area (Å²) in [5.41, 5.74) is 10.7. The summed E-state index contributed by atoms with van der Waals surface area (Å²) in [6.45, 7) is 0. The number of carbonyl (C=O) groups excluding carboxylic acids is 6. The van der Waals surface area contributed by atoms with E-state index < -0.39 is 41.3 Å². The van der Waals surface area contributed by atoms with Crippen LogP contribution in [0.5, 0.6) is 0 Å². The van der Waals surface area contributed by atoms with Crippen molar-refractivity contribution in [1.82, 2.24) is 0 Å². The zero-order valence-electron chi connectivity index (χ0n) is 29.0. The molecule has 1 fully saturated rings. The molecule has 2 unspecified atom stereocenters. The molecule has 12 nitrogen and oxygen atoms in total. The minimum absolute atomic E-state index is 0.286. The van der Waals surface area contributed by atoms with Crippen LogP contribution < -0.4 is 11.1 Å². The van der Waals surface area contributed by atoms with Gasteiger partial charge in [-0.3, -0.25) is 19.2 Å². The second kappa shape index (κ2) is 19.8. The van der Waals surface area contributed by atoms with E-state index in [-0.39, 0.29) is 25.2 Å². The molecule has 2 atom stereocenters. The van der Waals surface area contributed by atoms with Gasteiger partial charge in [0, 0.05) is 48.3 Å². The number of carbonyl (C=O) groups is 6. The van der Waals surface area contributed by atoms with E-state index in [1.54, 1.807) is 0 Å². The van der Waals surface area contributed by atoms with Gasteiger partial charge in [-0.05, 0) is 36.2 Å². The third-order valence-corrected chi connectivity index (χ3v) is 8.09. The Labute approximate surface area is 296 Å². The summed E-state index contributed by atoms with van der Waals surface area (Å²) in [6, 6.07) is 28.9. The number of methoxy groups -OCH3 is 4. The first-order valence-electron chi connectivity index (χ1n) is 16.0. The van der Waals surface area contributed by atoms with Crippen LogP contribution in [0.25, 0.3) is 0 Å². The summed E-state index contributed by atoms with van der Waals surface area (Å²) >= 11 is 0. The molecule has 2 aliphatic rings. The van der Waals surface area contributed by atoms with Crippen LogP contribution in [0.15, 0.2) is 113 Å². The maximum absolute atomic E-state index is 12.5. The zero-order chi connectivity index (χ0) is 37.3. The number of esters is 4. The zero-order valence-corrected chi connectivity index (χ0v) is 29.0. The molecule has 0 spiro atoms. The number of nitrogen functional groups attached to an aromatic ring is 1. The van der Waals surface area contributed by atoms with E-state index in [1.165, 1.54) is 14.2 Å². The number of hydrogen-bond acceptors (Lipinski definition) is 12. The number of allylic oxidation sites excluding steroid dienone is 2. The maximum Gasteiger partial charge on any atom is 0.335 e. The minimum atomic E-state index is -1.07. The molecule has 5 rings (SSSR count). The van der Waals surface area contributed by atoms with Crippen molar-refractivity contribution in [2.45, 2.75) is 32.1 Å². The van der Waals surface area contributed by atoms with Crippen LogP contribution in [0.3, 0.4) is 0 Å². The molecule has 0 aromatic heterocycles. The molecule has 3 aromatic rings. The molecule has 0 heterocycles. The van der Waals surface area contributed by atoms with Crippen LogP contribution in [0.1, 0.15) is 31.2 Å². The predicted octanol–water partition coefficient (Wildman–Crippen LogP) is 4.80. The fraction of sp³-hybridized carbons (Fsp3) is 0.282. The van der Waals surface area contributed by atoms with E-state index in [9.17, 15) is 28.8 Å². The SMILES string of the molecule is COC(=O)C1=C(Cc2ccccc2)CC(C(=O)OC)=C(Nc2ccccc2)C1.COC(=O)C1CC(=O)C(C(=O)OC)CC1=O.Nc1ccccc1. The van der Waals surface area contributed by atoms with Gasteiger partial charge < -0.3 is 30.0 Å². The number of nitrogens with one attached hydrogen (secondary N) is 1. The number of anilines is 2. The standard InChI is InChI=1S/C23H23NO4.C10H12O6.C6H7N/c1-27-22(25)19-15-21(24-18-11-7-4-8-12-18)20(23(26)28-2)14-17(19)13-16-9-5-3-6-10-16;1-15-9(13)5-3-8(12)6(4-7(5)11)10(14)16-2;7-6-4-2-1-3-5-6/h3-12,24H,13-15H2,1-2H3;5-6H,3-4H2,1-2H3;1-5H,7H2. The van der Waals surface area contributed by atoms with Crippen molar-refractivity contribution >= 4 is 46.8 Å². The van der Waals surface area contributed by atoms with Gasteiger partial charge in [0.25, 0.3) is 0 Å². The van der Waals surface area contributed by atoms with Gasteiger partial charge >= 0.3 is 23.9 Å². The first kappa shape index (κ1) is 39.4.